The predicted octanol–water partition coefficient (Wildman–Crippen LogP) is 5.18. The van der Waals surface area contributed by atoms with E-state index < -0.39 is 5.60 Å². The van der Waals surface area contributed by atoms with E-state index in [0.717, 1.165) is 44.3 Å². The van der Waals surface area contributed by atoms with Gasteiger partial charge in [-0.2, -0.15) is 0 Å². The fraction of sp³-hybridized carbons (Fsp3) is 0.500. The summed E-state index contributed by atoms with van der Waals surface area (Å²) in [4.78, 5) is 17.7. The van der Waals surface area contributed by atoms with Crippen LogP contribution in [0.5, 0.6) is 0 Å². The number of rotatable bonds is 5. The lowest BCUT2D eigenvalue weighted by molar-refractivity contribution is -0.115. The molecule has 2 fully saturated rings. The summed E-state index contributed by atoms with van der Waals surface area (Å²) in [7, 11) is 0. The minimum atomic E-state index is -0.722. The molecule has 0 aromatic heterocycles. The Morgan fingerprint density at radius 2 is 1.74 bits per heavy atom. The highest BCUT2D eigenvalue weighted by Gasteiger charge is 2.50. The number of hydrogen-bond acceptors (Lipinski definition) is 3. The number of likely N-dealkylation sites (tertiary alicyclic amines) is 1. The third-order valence-electron chi connectivity index (χ3n) is 7.28. The number of fused-ring (bicyclic) bond motifs is 1. The number of anilines is 1. The largest absolute Gasteiger partial charge is 0.389 e. The van der Waals surface area contributed by atoms with Crippen LogP contribution in [0, 0.1) is 11.7 Å². The Balaban J connectivity index is 1.70. The molecule has 166 valence electrons. The van der Waals surface area contributed by atoms with Crippen LogP contribution in [0.15, 0.2) is 48.5 Å². The smallest absolute Gasteiger partial charge is 0.254 e. The van der Waals surface area contributed by atoms with E-state index in [-0.39, 0.29) is 23.7 Å². The van der Waals surface area contributed by atoms with Gasteiger partial charge in [0.05, 0.1) is 11.6 Å². The van der Waals surface area contributed by atoms with Gasteiger partial charge in [-0.15, -0.1) is 0 Å². The topological polar surface area (TPSA) is 43.8 Å². The van der Waals surface area contributed by atoms with Crippen molar-refractivity contribution in [2.45, 2.75) is 57.6 Å². The molecule has 0 unspecified atom stereocenters. The first-order valence-electron chi connectivity index (χ1n) is 11.6. The second kappa shape index (κ2) is 8.99. The van der Waals surface area contributed by atoms with Crippen LogP contribution in [0.3, 0.4) is 0 Å². The van der Waals surface area contributed by atoms with Crippen molar-refractivity contribution in [3.63, 3.8) is 0 Å². The first-order chi connectivity index (χ1) is 15.0. The zero-order valence-electron chi connectivity index (χ0n) is 18.6. The van der Waals surface area contributed by atoms with Crippen LogP contribution >= 0.6 is 0 Å². The van der Waals surface area contributed by atoms with E-state index in [0.29, 0.717) is 18.5 Å². The molecule has 4 rings (SSSR count). The molecule has 0 bridgehead atoms. The maximum Gasteiger partial charge on any atom is 0.254 e. The van der Waals surface area contributed by atoms with Gasteiger partial charge >= 0.3 is 0 Å². The Labute approximate surface area is 184 Å². The van der Waals surface area contributed by atoms with Gasteiger partial charge in [-0.25, -0.2) is 4.39 Å². The van der Waals surface area contributed by atoms with Gasteiger partial charge in [0.1, 0.15) is 5.82 Å². The van der Waals surface area contributed by atoms with E-state index in [1.54, 1.807) is 12.1 Å². The average Bonchev–Trinajstić information content (AvgIpc) is 2.79. The molecule has 1 saturated carbocycles. The molecule has 3 atom stereocenters. The molecule has 31 heavy (non-hydrogen) atoms. The Hall–Kier alpha value is -2.40. The van der Waals surface area contributed by atoms with Crippen LogP contribution in [0.4, 0.5) is 10.1 Å². The molecule has 1 N–H and O–H groups in total. The highest BCUT2D eigenvalue weighted by Crippen LogP contribution is 2.49. The van der Waals surface area contributed by atoms with Gasteiger partial charge in [-0.1, -0.05) is 25.0 Å². The SMILES string of the molecule is CCN(CC)c1ccc([C@@H]2[C@@H]3CCCC[C@@]3(O)CCN2C(=O)c2ccc(F)cc2)cc1. The first-order valence-corrected chi connectivity index (χ1v) is 11.6. The van der Waals surface area contributed by atoms with Crippen molar-refractivity contribution in [3.8, 4) is 0 Å². The number of amides is 1. The summed E-state index contributed by atoms with van der Waals surface area (Å²) in [6.45, 7) is 6.67. The Bertz CT molecular complexity index is 895. The van der Waals surface area contributed by atoms with Gasteiger partial charge in [0.15, 0.2) is 0 Å². The summed E-state index contributed by atoms with van der Waals surface area (Å²) in [5.41, 5.74) is 2.00. The van der Waals surface area contributed by atoms with Crippen molar-refractivity contribution >= 4 is 11.6 Å². The van der Waals surface area contributed by atoms with Crippen LogP contribution in [-0.4, -0.2) is 41.1 Å². The zero-order chi connectivity index (χ0) is 22.0. The van der Waals surface area contributed by atoms with Crippen molar-refractivity contribution in [3.05, 3.63) is 65.5 Å². The van der Waals surface area contributed by atoms with Crippen LogP contribution in [0.25, 0.3) is 0 Å². The van der Waals surface area contributed by atoms with Gasteiger partial charge in [-0.05, 0) is 75.1 Å². The number of nitrogens with zero attached hydrogens (tertiary/aromatic N) is 2. The van der Waals surface area contributed by atoms with E-state index in [1.165, 1.54) is 17.8 Å². The molecule has 1 aliphatic carbocycles. The molecular formula is C26H33FN2O2. The lowest BCUT2D eigenvalue weighted by Gasteiger charge is -2.52. The number of aliphatic hydroxyl groups is 1. The summed E-state index contributed by atoms with van der Waals surface area (Å²) in [5.74, 6) is -0.426. The van der Waals surface area contributed by atoms with Crippen molar-refractivity contribution in [1.29, 1.82) is 0 Å². The number of carbonyl (C=O) groups is 1. The van der Waals surface area contributed by atoms with Crippen molar-refractivity contribution in [1.82, 2.24) is 4.90 Å². The van der Waals surface area contributed by atoms with Crippen molar-refractivity contribution in [2.75, 3.05) is 24.5 Å². The summed E-state index contributed by atoms with van der Waals surface area (Å²) in [6, 6.07) is 14.1. The average molecular weight is 425 g/mol. The van der Waals surface area contributed by atoms with Crippen LogP contribution in [0.2, 0.25) is 0 Å². The normalized spacial score (nSPS) is 25.7. The van der Waals surface area contributed by atoms with Gasteiger partial charge < -0.3 is 14.9 Å². The summed E-state index contributed by atoms with van der Waals surface area (Å²) >= 11 is 0. The monoisotopic (exact) mass is 424 g/mol. The van der Waals surface area contributed by atoms with Crippen molar-refractivity contribution in [2.24, 2.45) is 5.92 Å². The molecule has 1 aliphatic heterocycles. The van der Waals surface area contributed by atoms with E-state index in [9.17, 15) is 14.3 Å². The highest BCUT2D eigenvalue weighted by atomic mass is 19.1. The fourth-order valence-electron chi connectivity index (χ4n) is 5.55. The third-order valence-corrected chi connectivity index (χ3v) is 7.28. The lowest BCUT2D eigenvalue weighted by Crippen LogP contribution is -2.56. The molecule has 4 nitrogen and oxygen atoms in total. The van der Waals surface area contributed by atoms with Crippen LogP contribution in [0.1, 0.15) is 67.9 Å². The molecular weight excluding hydrogens is 391 g/mol. The minimum absolute atomic E-state index is 0.0127. The van der Waals surface area contributed by atoms with Gasteiger partial charge in [-0.3, -0.25) is 4.79 Å². The number of carbonyl (C=O) groups excluding carboxylic acids is 1. The molecule has 2 aromatic carbocycles. The molecule has 0 radical (unpaired) electrons. The van der Waals surface area contributed by atoms with Crippen LogP contribution < -0.4 is 4.90 Å². The second-order valence-corrected chi connectivity index (χ2v) is 8.92. The van der Waals surface area contributed by atoms with E-state index in [1.807, 2.05) is 4.90 Å². The van der Waals surface area contributed by atoms with E-state index in [4.69, 9.17) is 0 Å². The van der Waals surface area contributed by atoms with Gasteiger partial charge in [0.2, 0.25) is 0 Å². The van der Waals surface area contributed by atoms with E-state index >= 15 is 0 Å². The molecule has 1 saturated heterocycles. The minimum Gasteiger partial charge on any atom is -0.389 e. The predicted molar refractivity (Wildman–Crippen MR) is 122 cm³/mol. The quantitative estimate of drug-likeness (QED) is 0.719. The number of halogens is 1. The number of hydrogen-bond donors (Lipinski definition) is 1. The van der Waals surface area contributed by atoms with Gasteiger partial charge in [0.25, 0.3) is 5.91 Å². The Morgan fingerprint density at radius 1 is 1.06 bits per heavy atom. The zero-order valence-corrected chi connectivity index (χ0v) is 18.6. The maximum absolute atomic E-state index is 13.5. The molecule has 1 heterocycles. The Kier molecular flexibility index (Phi) is 6.33. The van der Waals surface area contributed by atoms with Crippen LogP contribution in [-0.2, 0) is 0 Å². The summed E-state index contributed by atoms with van der Waals surface area (Å²) in [5, 5.41) is 11.5. The first kappa shape index (κ1) is 21.8. The summed E-state index contributed by atoms with van der Waals surface area (Å²) < 4.78 is 13.4. The Morgan fingerprint density at radius 3 is 2.39 bits per heavy atom. The lowest BCUT2D eigenvalue weighted by atomic mass is 9.66. The fourth-order valence-corrected chi connectivity index (χ4v) is 5.55. The third kappa shape index (κ3) is 4.20. The highest BCUT2D eigenvalue weighted by molar-refractivity contribution is 5.94. The number of benzene rings is 2. The van der Waals surface area contributed by atoms with E-state index in [2.05, 4.69) is 43.0 Å². The maximum atomic E-state index is 13.5. The second-order valence-electron chi connectivity index (χ2n) is 8.92. The molecule has 5 heteroatoms. The molecule has 1 amide bonds. The summed E-state index contributed by atoms with van der Waals surface area (Å²) in [6.07, 6.45) is 4.40. The number of piperidine rings is 1. The van der Waals surface area contributed by atoms with Crippen molar-refractivity contribution < 1.29 is 14.3 Å². The molecule has 2 aromatic rings. The van der Waals surface area contributed by atoms with Gasteiger partial charge in [0, 0.05) is 36.8 Å². The molecule has 0 spiro atoms. The molecule has 2 aliphatic rings. The standard InChI is InChI=1S/C26H33FN2O2/c1-3-28(4-2)22-14-10-19(11-15-22)24-23-7-5-6-16-26(23,31)17-18-29(24)25(30)20-8-12-21(27)13-9-20/h8-15,23-24,31H,3-7,16-18H2,1-2H3/t23-,24+,26+/m0/s1.